The second-order valence-corrected chi connectivity index (χ2v) is 6.83. The number of rotatable bonds is 5. The lowest BCUT2D eigenvalue weighted by Crippen LogP contribution is -2.23. The van der Waals surface area contributed by atoms with Gasteiger partial charge in [-0.2, -0.15) is 0 Å². The van der Waals surface area contributed by atoms with Crippen molar-refractivity contribution in [3.05, 3.63) is 83.2 Å². The van der Waals surface area contributed by atoms with Crippen molar-refractivity contribution in [2.45, 2.75) is 6.54 Å². The van der Waals surface area contributed by atoms with Gasteiger partial charge in [-0.1, -0.05) is 0 Å². The van der Waals surface area contributed by atoms with Crippen LogP contribution >= 0.6 is 11.3 Å². The van der Waals surface area contributed by atoms with Crippen LogP contribution < -0.4 is 10.1 Å². The van der Waals surface area contributed by atoms with Crippen molar-refractivity contribution in [3.63, 3.8) is 0 Å². The topological polar surface area (TPSA) is 64.1 Å². The van der Waals surface area contributed by atoms with Gasteiger partial charge in [-0.15, -0.1) is 11.3 Å². The molecule has 0 saturated heterocycles. The van der Waals surface area contributed by atoms with Gasteiger partial charge in [-0.3, -0.25) is 9.78 Å². The van der Waals surface area contributed by atoms with Crippen LogP contribution in [-0.2, 0) is 6.54 Å². The molecule has 0 unspecified atom stereocenters. The molecule has 134 valence electrons. The first-order chi connectivity index (χ1) is 13.2. The normalized spacial score (nSPS) is 10.7. The zero-order valence-electron chi connectivity index (χ0n) is 14.1. The Hall–Kier alpha value is -3.32. The van der Waals surface area contributed by atoms with Gasteiger partial charge in [-0.25, -0.2) is 9.37 Å². The van der Waals surface area contributed by atoms with Gasteiger partial charge in [-0.05, 0) is 60.7 Å². The van der Waals surface area contributed by atoms with E-state index in [1.165, 1.54) is 23.5 Å². The minimum atomic E-state index is -0.310. The average molecular weight is 379 g/mol. The number of halogens is 1. The first-order valence-electron chi connectivity index (χ1n) is 8.19. The Bertz CT molecular complexity index is 1100. The van der Waals surface area contributed by atoms with Crippen molar-refractivity contribution in [1.29, 1.82) is 0 Å². The number of thiophene rings is 1. The molecule has 0 aliphatic carbocycles. The van der Waals surface area contributed by atoms with E-state index in [4.69, 9.17) is 4.74 Å². The Kier molecular flexibility index (Phi) is 4.76. The highest BCUT2D eigenvalue weighted by molar-refractivity contribution is 7.13. The molecule has 0 aliphatic rings. The highest BCUT2D eigenvalue weighted by atomic mass is 32.1. The van der Waals surface area contributed by atoms with E-state index in [9.17, 15) is 9.18 Å². The number of amides is 1. The van der Waals surface area contributed by atoms with Crippen molar-refractivity contribution >= 4 is 28.3 Å². The summed E-state index contributed by atoms with van der Waals surface area (Å²) in [6.07, 6.45) is 1.69. The molecule has 27 heavy (non-hydrogen) atoms. The highest BCUT2D eigenvalue weighted by Gasteiger charge is 2.10. The molecule has 0 spiro atoms. The molecule has 7 heteroatoms. The van der Waals surface area contributed by atoms with Crippen LogP contribution in [-0.4, -0.2) is 15.9 Å². The van der Waals surface area contributed by atoms with Crippen LogP contribution in [0.15, 0.2) is 66.9 Å². The summed E-state index contributed by atoms with van der Waals surface area (Å²) >= 11 is 1.41. The molecule has 3 aromatic heterocycles. The number of carbonyl (C=O) groups excluding carboxylic acids is 1. The molecular formula is C20H14FN3O2S. The third-order valence-corrected chi connectivity index (χ3v) is 4.74. The van der Waals surface area contributed by atoms with Gasteiger partial charge in [0.05, 0.1) is 17.6 Å². The average Bonchev–Trinajstić information content (AvgIpc) is 3.15. The van der Waals surface area contributed by atoms with Crippen LogP contribution in [0.2, 0.25) is 0 Å². The molecule has 3 heterocycles. The fraction of sp³-hybridized carbons (Fsp3) is 0.0500. The van der Waals surface area contributed by atoms with Gasteiger partial charge in [0.15, 0.2) is 5.06 Å². The SMILES string of the molecule is O=C(NCc1ccc(Oc2ccc(F)cc2)s1)c1ccc2ncccc2n1. The summed E-state index contributed by atoms with van der Waals surface area (Å²) in [5.74, 6) is -0.00650. The second kappa shape index (κ2) is 7.51. The van der Waals surface area contributed by atoms with Gasteiger partial charge >= 0.3 is 0 Å². The van der Waals surface area contributed by atoms with Crippen molar-refractivity contribution in [1.82, 2.24) is 15.3 Å². The Balaban J connectivity index is 1.38. The standard InChI is InChI=1S/C20H14FN3O2S/c21-13-3-5-14(6-4-13)26-19-10-7-15(27-19)12-23-20(25)18-9-8-16-17(24-18)2-1-11-22-16/h1-11H,12H2,(H,23,25). The number of aromatic nitrogens is 2. The number of carbonyl (C=O) groups is 1. The lowest BCUT2D eigenvalue weighted by atomic mass is 10.2. The molecule has 0 radical (unpaired) electrons. The molecule has 1 aromatic carbocycles. The molecular weight excluding hydrogens is 365 g/mol. The largest absolute Gasteiger partial charge is 0.447 e. The lowest BCUT2D eigenvalue weighted by Gasteiger charge is -2.04. The highest BCUT2D eigenvalue weighted by Crippen LogP contribution is 2.29. The van der Waals surface area contributed by atoms with E-state index in [1.807, 2.05) is 18.2 Å². The summed E-state index contributed by atoms with van der Waals surface area (Å²) in [6.45, 7) is 0.364. The van der Waals surface area contributed by atoms with Crippen molar-refractivity contribution in [2.24, 2.45) is 0 Å². The summed E-state index contributed by atoms with van der Waals surface area (Å²) < 4.78 is 18.6. The van der Waals surface area contributed by atoms with E-state index in [1.54, 1.807) is 36.5 Å². The number of benzene rings is 1. The third-order valence-electron chi connectivity index (χ3n) is 3.78. The predicted octanol–water partition coefficient (Wildman–Crippen LogP) is 4.55. The fourth-order valence-electron chi connectivity index (χ4n) is 2.47. The third kappa shape index (κ3) is 4.09. The van der Waals surface area contributed by atoms with Gasteiger partial charge in [0.1, 0.15) is 17.3 Å². The molecule has 0 aliphatic heterocycles. The maximum atomic E-state index is 12.9. The fourth-order valence-corrected chi connectivity index (χ4v) is 3.28. The van der Waals surface area contributed by atoms with Gasteiger partial charge in [0, 0.05) is 11.1 Å². The molecule has 4 aromatic rings. The summed E-state index contributed by atoms with van der Waals surface area (Å²) in [5, 5.41) is 3.52. The summed E-state index contributed by atoms with van der Waals surface area (Å²) in [6, 6.07) is 16.5. The minimum Gasteiger partial charge on any atom is -0.447 e. The zero-order chi connectivity index (χ0) is 18.6. The molecule has 5 nitrogen and oxygen atoms in total. The van der Waals surface area contributed by atoms with E-state index in [2.05, 4.69) is 15.3 Å². The van der Waals surface area contributed by atoms with E-state index < -0.39 is 0 Å². The molecule has 0 saturated carbocycles. The first kappa shape index (κ1) is 17.1. The van der Waals surface area contributed by atoms with Crippen LogP contribution in [0, 0.1) is 5.82 Å². The summed E-state index contributed by atoms with van der Waals surface area (Å²) in [5.41, 5.74) is 1.76. The summed E-state index contributed by atoms with van der Waals surface area (Å²) in [7, 11) is 0. The Morgan fingerprint density at radius 2 is 1.89 bits per heavy atom. The summed E-state index contributed by atoms with van der Waals surface area (Å²) in [4.78, 5) is 21.8. The lowest BCUT2D eigenvalue weighted by molar-refractivity contribution is 0.0946. The number of fused-ring (bicyclic) bond motifs is 1. The van der Waals surface area contributed by atoms with E-state index >= 15 is 0 Å². The first-order valence-corrected chi connectivity index (χ1v) is 9.01. The number of nitrogens with zero attached hydrogens (tertiary/aromatic N) is 2. The van der Waals surface area contributed by atoms with E-state index in [0.717, 1.165) is 10.4 Å². The van der Waals surface area contributed by atoms with E-state index in [0.29, 0.717) is 28.6 Å². The van der Waals surface area contributed by atoms with Gasteiger partial charge in [0.2, 0.25) is 0 Å². The van der Waals surface area contributed by atoms with Crippen LogP contribution in [0.5, 0.6) is 10.8 Å². The van der Waals surface area contributed by atoms with Crippen LogP contribution in [0.25, 0.3) is 11.0 Å². The van der Waals surface area contributed by atoms with Crippen molar-refractivity contribution in [3.8, 4) is 10.8 Å². The molecule has 1 amide bonds. The van der Waals surface area contributed by atoms with E-state index in [-0.39, 0.29) is 11.7 Å². The number of ether oxygens (including phenoxy) is 1. The van der Waals surface area contributed by atoms with Crippen molar-refractivity contribution in [2.75, 3.05) is 0 Å². The van der Waals surface area contributed by atoms with Crippen LogP contribution in [0.1, 0.15) is 15.4 Å². The maximum Gasteiger partial charge on any atom is 0.270 e. The molecule has 0 fully saturated rings. The Labute approximate surface area is 158 Å². The van der Waals surface area contributed by atoms with Crippen LogP contribution in [0.3, 0.4) is 0 Å². The monoisotopic (exact) mass is 379 g/mol. The maximum absolute atomic E-state index is 12.9. The molecule has 4 rings (SSSR count). The van der Waals surface area contributed by atoms with Gasteiger partial charge in [0.25, 0.3) is 5.91 Å². The predicted molar refractivity (Wildman–Crippen MR) is 102 cm³/mol. The minimum absolute atomic E-state index is 0.254. The zero-order valence-corrected chi connectivity index (χ0v) is 14.9. The van der Waals surface area contributed by atoms with Crippen LogP contribution in [0.4, 0.5) is 4.39 Å². The Morgan fingerprint density at radius 1 is 1.04 bits per heavy atom. The number of nitrogens with one attached hydrogen (secondary N) is 1. The Morgan fingerprint density at radius 3 is 2.74 bits per heavy atom. The molecule has 1 N–H and O–H groups in total. The molecule has 0 bridgehead atoms. The molecule has 0 atom stereocenters. The number of pyridine rings is 2. The number of hydrogen-bond donors (Lipinski definition) is 1. The second-order valence-electron chi connectivity index (χ2n) is 5.70. The quantitative estimate of drug-likeness (QED) is 0.552. The van der Waals surface area contributed by atoms with Crippen molar-refractivity contribution < 1.29 is 13.9 Å². The smallest absolute Gasteiger partial charge is 0.270 e. The van der Waals surface area contributed by atoms with Gasteiger partial charge < -0.3 is 10.1 Å². The number of hydrogen-bond acceptors (Lipinski definition) is 5.